The molecule has 15 rings (SSSR count). The number of aryl methyl sites for hydroxylation is 2. The van der Waals surface area contributed by atoms with E-state index in [2.05, 4.69) is 128 Å². The molecule has 7 N–H and O–H groups in total. The number of piperidine rings is 3. The molecule has 6 saturated carbocycles. The number of fused-ring (bicyclic) bond motifs is 3. The van der Waals surface area contributed by atoms with Crippen molar-refractivity contribution in [2.24, 2.45) is 41.2 Å². The lowest BCUT2D eigenvalue weighted by atomic mass is 9.48. The molecule has 3 amide bonds. The second-order valence-corrected chi connectivity index (χ2v) is 38.7. The summed E-state index contributed by atoms with van der Waals surface area (Å²) in [7, 11) is 0. The van der Waals surface area contributed by atoms with E-state index in [1.54, 1.807) is 26.0 Å². The number of aliphatic hydroxyl groups is 2. The van der Waals surface area contributed by atoms with Crippen LogP contribution in [0.4, 0.5) is 0 Å². The molecule has 11 atom stereocenters. The molecule has 3 aliphatic heterocycles. The number of hydrogen-bond acceptors (Lipinski definition) is 14. The molecule has 0 aromatic heterocycles. The van der Waals surface area contributed by atoms with Gasteiger partial charge in [-0.05, 0) is 174 Å². The lowest BCUT2D eigenvalue weighted by Crippen LogP contribution is -2.76. The maximum absolute atomic E-state index is 13.3. The quantitative estimate of drug-likeness (QED) is 0.0426. The fourth-order valence-corrected chi connectivity index (χ4v) is 18.8. The highest BCUT2D eigenvalue weighted by Gasteiger charge is 2.72. The SMILES string of the molecule is BrB(Br)Br.C.CC(=O)O[C@@]12CC(=[N+]=[N-])C(=O)C[C@@]13CCN(CC1CC1)[C@@H]2Cc1ccc(C)cc13.CC(C)C(=O)N[C@H]1C[C@@]2(O)[C@H]3Cc4ccc(O)cc4[C@@]2(CCN3CC2CC2)CC1=O.CC(C)C(N)=O.Cc1ccc2c(c1)[C@]13CCN(CC4CC4)[C@H](C2)[C@]1(O)C[C@H](NC(=O)C(C)C)C(=O)C3. The Morgan fingerprint density at radius 3 is 1.36 bits per heavy atom. The number of likely N-dealkylation sites (tertiary alicyclic amines) is 3. The summed E-state index contributed by atoms with van der Waals surface area (Å²) < 4.78 is 6.50. The predicted molar refractivity (Wildman–Crippen MR) is 397 cm³/mol. The number of primary amides is 1. The van der Waals surface area contributed by atoms with E-state index in [-0.39, 0.29) is 125 Å². The van der Waals surface area contributed by atoms with Gasteiger partial charge in [0.15, 0.2) is 11.6 Å². The number of Topliss-reactive ketones (excluding diaryl/α,β-unsaturated/α-hetero) is 3. The zero-order valence-electron chi connectivity index (χ0n) is 59.1. The van der Waals surface area contributed by atoms with Gasteiger partial charge in [0.05, 0.1) is 35.7 Å². The third-order valence-corrected chi connectivity index (χ3v) is 24.6. The van der Waals surface area contributed by atoms with Crippen LogP contribution in [-0.4, -0.2) is 171 Å². The number of halogens is 3. The third kappa shape index (κ3) is 15.0. The lowest BCUT2D eigenvalue weighted by molar-refractivity contribution is -0.200. The van der Waals surface area contributed by atoms with E-state index in [0.29, 0.717) is 37.5 Å². The molecule has 9 aliphatic carbocycles. The van der Waals surface area contributed by atoms with Gasteiger partial charge in [-0.2, -0.15) is 4.79 Å². The highest BCUT2D eigenvalue weighted by atomic mass is 79.9. The van der Waals surface area contributed by atoms with Gasteiger partial charge in [0.1, 0.15) is 11.4 Å². The van der Waals surface area contributed by atoms with E-state index >= 15 is 0 Å². The molecule has 3 heterocycles. The first-order valence-electron chi connectivity index (χ1n) is 36.2. The van der Waals surface area contributed by atoms with Crippen molar-refractivity contribution in [3.05, 3.63) is 105 Å². The van der Waals surface area contributed by atoms with Crippen molar-refractivity contribution in [3.63, 3.8) is 0 Å². The second kappa shape index (κ2) is 30.2. The highest BCUT2D eigenvalue weighted by Crippen LogP contribution is 2.62. The Hall–Kier alpha value is -4.97. The number of carbonyl (C=O) groups is 7. The van der Waals surface area contributed by atoms with E-state index in [0.717, 1.165) is 93.1 Å². The molecule has 12 aliphatic rings. The van der Waals surface area contributed by atoms with E-state index in [4.69, 9.17) is 10.5 Å². The van der Waals surface area contributed by atoms with Gasteiger partial charge in [-0.15, -0.1) is 47.3 Å². The molecule has 6 bridgehead atoms. The van der Waals surface area contributed by atoms with Gasteiger partial charge >= 0.3 is 14.9 Å². The van der Waals surface area contributed by atoms with Crippen LogP contribution in [0.25, 0.3) is 5.53 Å². The normalized spacial score (nSPS) is 31.9. The molecule has 100 heavy (non-hydrogen) atoms. The largest absolute Gasteiger partial charge is 0.508 e. The van der Waals surface area contributed by atoms with Gasteiger partial charge in [0, 0.05) is 105 Å². The number of nitrogens with one attached hydrogen (secondary N) is 2. The Morgan fingerprint density at radius 2 is 0.980 bits per heavy atom. The highest BCUT2D eigenvalue weighted by molar-refractivity contribution is 9.69. The summed E-state index contributed by atoms with van der Waals surface area (Å²) >= 11 is 9.31. The number of phenols is 1. The first kappa shape index (κ1) is 77.6. The number of rotatable bonds is 12. The zero-order valence-corrected chi connectivity index (χ0v) is 63.9. The number of benzene rings is 3. The summed E-state index contributed by atoms with van der Waals surface area (Å²) in [6, 6.07) is 17.1. The van der Waals surface area contributed by atoms with Gasteiger partial charge in [-0.1, -0.05) is 103 Å². The van der Waals surface area contributed by atoms with Crippen LogP contribution in [0, 0.1) is 49.4 Å². The van der Waals surface area contributed by atoms with Crippen molar-refractivity contribution in [2.75, 3.05) is 39.3 Å². The number of carbonyl (C=O) groups excluding carboxylic acids is 7. The molecule has 3 saturated heterocycles. The fraction of sp³-hybridized carbons (Fsp3) is 0.662. The third-order valence-electron chi connectivity index (χ3n) is 24.6. The predicted octanol–water partition coefficient (Wildman–Crippen LogP) is 9.94. The first-order valence-corrected chi connectivity index (χ1v) is 39.0. The van der Waals surface area contributed by atoms with Crippen LogP contribution in [0.2, 0.25) is 0 Å². The Morgan fingerprint density at radius 1 is 0.610 bits per heavy atom. The van der Waals surface area contributed by atoms with Crippen molar-refractivity contribution < 1.29 is 58.4 Å². The van der Waals surface area contributed by atoms with Gasteiger partial charge in [0.25, 0.3) is 0 Å². The maximum Gasteiger partial charge on any atom is 0.369 e. The zero-order chi connectivity index (χ0) is 71.6. The van der Waals surface area contributed by atoms with E-state index in [9.17, 15) is 54.4 Å². The minimum Gasteiger partial charge on any atom is -0.508 e. The van der Waals surface area contributed by atoms with E-state index < -0.39 is 45.1 Å². The standard InChI is InChI=1S/C25H34N2O3.C24H32N2O4.C23H27N3O3.C4H9NO.CH4.BBr3/c1-15(2)23(29)26-20-12-25(30)22-11-18-7-4-16(3)10-19(18)24(25,13-21(20)28)8-9-27(22)14-17-5-6-17;1-14(2)22(29)25-19-11-24(30)21-9-16-5-6-17(27)10-18(16)23(24,12-20(19)28)7-8-26(21)13-15-3-4-15;1-14-3-6-17-10-21-23(29-15(2)27)11-19(25-24)20(28)12-22(23,18(17)9-14)7-8-26(21)13-16-4-5-16;1-3(2)4(5)6;;2-1(3)4/h4,7,10,15,17,20,22,30H,5-6,8-9,11-14H2,1-3H3,(H,26,29);5-6,10,14-15,19,21,27,30H,3-4,7-9,11-13H2,1-2H3,(H,25,29);3,6,9,16,21H,4-5,7-8,10-13H2,1-2H3;3H,1-2H3,(H2,5,6);1H4;/t20-,22+,24+,25+;19-,21+,23+,24+;21-,22-,23-;;;/m001.../s1. The molecular weight excluding hydrogens is 1460 g/mol. The maximum atomic E-state index is 13.3. The van der Waals surface area contributed by atoms with Crippen molar-refractivity contribution in [2.45, 2.75) is 249 Å². The number of nitrogens with two attached hydrogens (primary N) is 1. The van der Waals surface area contributed by atoms with Crippen molar-refractivity contribution in [1.82, 2.24) is 25.3 Å². The summed E-state index contributed by atoms with van der Waals surface area (Å²) in [6.07, 6.45) is 13.7. The molecule has 0 spiro atoms. The molecule has 0 unspecified atom stereocenters. The van der Waals surface area contributed by atoms with Gasteiger partial charge in [-0.3, -0.25) is 48.3 Å². The van der Waals surface area contributed by atoms with Crippen LogP contribution in [0.15, 0.2) is 54.6 Å². The van der Waals surface area contributed by atoms with E-state index in [1.807, 2.05) is 33.8 Å². The Balaban J connectivity index is 0.000000151. The molecule has 9 fully saturated rings. The molecule has 544 valence electrons. The number of amides is 3. The van der Waals surface area contributed by atoms with Crippen molar-refractivity contribution in [1.29, 1.82) is 0 Å². The fourth-order valence-electron chi connectivity index (χ4n) is 18.8. The molecular formula is C77H106BBr3N8O11. The average molecular weight is 1570 g/mol. The second-order valence-electron chi connectivity index (χ2n) is 32.2. The summed E-state index contributed by atoms with van der Waals surface area (Å²) in [5.41, 5.74) is 18.9. The summed E-state index contributed by atoms with van der Waals surface area (Å²) in [4.78, 5) is 97.1. The van der Waals surface area contributed by atoms with Crippen molar-refractivity contribution in [3.8, 4) is 5.75 Å². The number of hydrogen-bond donors (Lipinski definition) is 6. The van der Waals surface area contributed by atoms with Crippen LogP contribution in [0.1, 0.15) is 197 Å². The summed E-state index contributed by atoms with van der Waals surface area (Å²) in [5.74, 6) is 1.03. The number of esters is 1. The van der Waals surface area contributed by atoms with Crippen LogP contribution in [0.3, 0.4) is 0 Å². The van der Waals surface area contributed by atoms with E-state index in [1.165, 1.54) is 67.7 Å². The average Bonchev–Trinajstić information content (AvgIpc) is 1.16. The van der Waals surface area contributed by atoms with Crippen LogP contribution < -0.4 is 16.4 Å². The van der Waals surface area contributed by atoms with Crippen LogP contribution >= 0.6 is 47.3 Å². The van der Waals surface area contributed by atoms with Crippen molar-refractivity contribution >= 4 is 97.2 Å². The number of aromatic hydroxyl groups is 1. The molecule has 3 aromatic carbocycles. The minimum atomic E-state index is -1.11. The number of ether oxygens (including phenoxy) is 1. The lowest BCUT2D eigenvalue weighted by Gasteiger charge is -2.64. The monoisotopic (exact) mass is 1570 g/mol. The summed E-state index contributed by atoms with van der Waals surface area (Å²) in [6.45, 7) is 22.2. The number of phenolic OH excluding ortho intramolecular Hbond substituents is 1. The topological polar surface area (TPSA) is 286 Å². The summed E-state index contributed by atoms with van der Waals surface area (Å²) in [5, 5.41) is 40.8. The van der Waals surface area contributed by atoms with Crippen LogP contribution in [0.5, 0.6) is 5.75 Å². The van der Waals surface area contributed by atoms with Gasteiger partial charge < -0.3 is 42.0 Å². The Bertz CT molecular complexity index is 3560. The molecule has 19 nitrogen and oxygen atoms in total. The number of nitrogens with zero attached hydrogens (tertiary/aromatic N) is 5. The Labute approximate surface area is 616 Å². The van der Waals surface area contributed by atoms with Crippen LogP contribution in [-0.2, 0) is 73.8 Å². The van der Waals surface area contributed by atoms with Gasteiger partial charge in [-0.25, -0.2) is 0 Å². The number of ketones is 3. The first-order chi connectivity index (χ1) is 46.7. The minimum absolute atomic E-state index is 0. The smallest absolute Gasteiger partial charge is 0.369 e. The Kier molecular flexibility index (Phi) is 23.5. The molecule has 3 aromatic rings. The molecule has 0 radical (unpaired) electrons. The van der Waals surface area contributed by atoms with Gasteiger partial charge in [0.2, 0.25) is 23.5 Å². The molecule has 23 heteroatoms.